The van der Waals surface area contributed by atoms with Crippen LogP contribution in [0.15, 0.2) is 34.5 Å². The summed E-state index contributed by atoms with van der Waals surface area (Å²) in [5, 5.41) is 8.48. The van der Waals surface area contributed by atoms with E-state index in [1.54, 1.807) is 11.3 Å². The first-order chi connectivity index (χ1) is 7.72. The van der Waals surface area contributed by atoms with Crippen LogP contribution in [0.25, 0.3) is 10.2 Å². The van der Waals surface area contributed by atoms with Crippen molar-refractivity contribution in [2.45, 2.75) is 20.3 Å². The van der Waals surface area contributed by atoms with Crippen LogP contribution in [-0.2, 0) is 7.05 Å². The number of aryl methyl sites for hydroxylation is 1. The zero-order valence-corrected chi connectivity index (χ0v) is 10.6. The normalized spacial score (nSPS) is 13.7. The van der Waals surface area contributed by atoms with Crippen LogP contribution >= 0.6 is 11.3 Å². The van der Waals surface area contributed by atoms with Crippen molar-refractivity contribution in [3.8, 4) is 0 Å². The lowest BCUT2D eigenvalue weighted by Crippen LogP contribution is -2.09. The Balaban J connectivity index is 2.58. The molecule has 0 saturated carbocycles. The summed E-state index contributed by atoms with van der Waals surface area (Å²) in [4.78, 5) is 0.939. The third kappa shape index (κ3) is 2.07. The molecule has 3 nitrogen and oxygen atoms in total. The average Bonchev–Trinajstić information content (AvgIpc) is 2.64. The predicted octanol–water partition coefficient (Wildman–Crippen LogP) is 2.93. The molecule has 0 N–H and O–H groups in total. The predicted molar refractivity (Wildman–Crippen MR) is 69.8 cm³/mol. The van der Waals surface area contributed by atoms with Crippen LogP contribution in [0.5, 0.6) is 0 Å². The van der Waals surface area contributed by atoms with E-state index >= 15 is 0 Å². The Bertz CT molecular complexity index is 590. The van der Waals surface area contributed by atoms with Gasteiger partial charge in [-0.05, 0) is 25.5 Å². The Labute approximate surface area is 98.8 Å². The van der Waals surface area contributed by atoms with Crippen molar-refractivity contribution in [2.24, 2.45) is 17.3 Å². The highest BCUT2D eigenvalue weighted by Gasteiger charge is 2.00. The van der Waals surface area contributed by atoms with E-state index in [-0.39, 0.29) is 0 Å². The van der Waals surface area contributed by atoms with Gasteiger partial charge in [-0.3, -0.25) is 0 Å². The quantitative estimate of drug-likeness (QED) is 0.564. The lowest BCUT2D eigenvalue weighted by molar-refractivity contribution is 0.886. The number of para-hydroxylation sites is 1. The Hall–Kier alpha value is -1.42. The fourth-order valence-electron chi connectivity index (χ4n) is 1.38. The second kappa shape index (κ2) is 4.61. The van der Waals surface area contributed by atoms with Crippen molar-refractivity contribution >= 4 is 27.3 Å². The van der Waals surface area contributed by atoms with Crippen molar-refractivity contribution in [3.63, 3.8) is 0 Å². The average molecular weight is 233 g/mol. The van der Waals surface area contributed by atoms with E-state index in [0.717, 1.165) is 16.9 Å². The van der Waals surface area contributed by atoms with Gasteiger partial charge >= 0.3 is 0 Å². The summed E-state index contributed by atoms with van der Waals surface area (Å²) in [5.74, 6) is 0. The number of hydrogen-bond acceptors (Lipinski definition) is 3. The Kier molecular flexibility index (Phi) is 3.19. The van der Waals surface area contributed by atoms with Gasteiger partial charge < -0.3 is 4.57 Å². The van der Waals surface area contributed by atoms with E-state index in [4.69, 9.17) is 0 Å². The van der Waals surface area contributed by atoms with Gasteiger partial charge in [0, 0.05) is 12.8 Å². The molecule has 0 aliphatic carbocycles. The minimum absolute atomic E-state index is 0.939. The van der Waals surface area contributed by atoms with Crippen LogP contribution < -0.4 is 4.80 Å². The van der Waals surface area contributed by atoms with Crippen LogP contribution in [0.1, 0.15) is 20.3 Å². The zero-order valence-electron chi connectivity index (χ0n) is 9.77. The fourth-order valence-corrected chi connectivity index (χ4v) is 2.35. The van der Waals surface area contributed by atoms with Gasteiger partial charge in [-0.1, -0.05) is 30.4 Å². The van der Waals surface area contributed by atoms with Gasteiger partial charge in [0.1, 0.15) is 0 Å². The topological polar surface area (TPSA) is 29.6 Å². The molecule has 0 saturated heterocycles. The number of benzene rings is 1. The molecule has 0 fully saturated rings. The summed E-state index contributed by atoms with van der Waals surface area (Å²) in [6.07, 6.45) is 0.943. The highest BCUT2D eigenvalue weighted by Crippen LogP contribution is 2.14. The number of hydrogen-bond donors (Lipinski definition) is 0. The number of rotatable bonds is 2. The molecule has 0 aliphatic rings. The Morgan fingerprint density at radius 3 is 2.81 bits per heavy atom. The molecule has 0 spiro atoms. The summed E-state index contributed by atoms with van der Waals surface area (Å²) in [7, 11) is 2.02. The maximum absolute atomic E-state index is 4.28. The fraction of sp³-hybridized carbons (Fsp3) is 0.333. The van der Waals surface area contributed by atoms with Crippen LogP contribution in [0, 0.1) is 0 Å². The van der Waals surface area contributed by atoms with Gasteiger partial charge in [0.15, 0.2) is 0 Å². The zero-order chi connectivity index (χ0) is 11.5. The minimum atomic E-state index is 0.939. The number of nitrogens with zero attached hydrogens (tertiary/aromatic N) is 3. The largest absolute Gasteiger partial charge is 0.318 e. The minimum Gasteiger partial charge on any atom is -0.318 e. The molecule has 84 valence electrons. The first-order valence-corrected chi connectivity index (χ1v) is 6.15. The third-order valence-corrected chi connectivity index (χ3v) is 3.64. The maximum Gasteiger partial charge on any atom is 0.211 e. The number of fused-ring (bicyclic) bond motifs is 1. The second-order valence-electron chi connectivity index (χ2n) is 3.70. The Morgan fingerprint density at radius 1 is 1.38 bits per heavy atom. The highest BCUT2D eigenvalue weighted by molar-refractivity contribution is 7.16. The molecule has 0 bridgehead atoms. The molecule has 0 unspecified atom stereocenters. The monoisotopic (exact) mass is 233 g/mol. The Morgan fingerprint density at radius 2 is 2.12 bits per heavy atom. The van der Waals surface area contributed by atoms with E-state index in [2.05, 4.69) is 33.8 Å². The molecule has 1 aromatic heterocycles. The SMILES string of the molecule is CC/C(C)=N\N=c1\sc2ccccc2n1C. The highest BCUT2D eigenvalue weighted by atomic mass is 32.1. The molecule has 1 heterocycles. The number of thiazole rings is 1. The lowest BCUT2D eigenvalue weighted by Gasteiger charge is -1.93. The smallest absolute Gasteiger partial charge is 0.211 e. The molecular weight excluding hydrogens is 218 g/mol. The molecule has 0 radical (unpaired) electrons. The van der Waals surface area contributed by atoms with Crippen LogP contribution in [0.3, 0.4) is 0 Å². The molecule has 2 aromatic rings. The summed E-state index contributed by atoms with van der Waals surface area (Å²) < 4.78 is 3.32. The van der Waals surface area contributed by atoms with Gasteiger partial charge in [-0.2, -0.15) is 5.10 Å². The van der Waals surface area contributed by atoms with Gasteiger partial charge in [-0.25, -0.2) is 0 Å². The maximum atomic E-state index is 4.28. The van der Waals surface area contributed by atoms with Crippen molar-refractivity contribution in [2.75, 3.05) is 0 Å². The summed E-state index contributed by atoms with van der Waals surface area (Å²) in [6.45, 7) is 4.08. The summed E-state index contributed by atoms with van der Waals surface area (Å²) >= 11 is 1.67. The molecule has 0 atom stereocenters. The van der Waals surface area contributed by atoms with Crippen LogP contribution in [0.2, 0.25) is 0 Å². The van der Waals surface area contributed by atoms with Crippen LogP contribution in [0.4, 0.5) is 0 Å². The summed E-state index contributed by atoms with van der Waals surface area (Å²) in [6, 6.07) is 8.29. The molecule has 16 heavy (non-hydrogen) atoms. The van der Waals surface area contributed by atoms with Crippen molar-refractivity contribution in [1.29, 1.82) is 0 Å². The first-order valence-electron chi connectivity index (χ1n) is 5.34. The first kappa shape index (κ1) is 11.1. The van der Waals surface area contributed by atoms with Gasteiger partial charge in [0.2, 0.25) is 4.80 Å². The van der Waals surface area contributed by atoms with Crippen LogP contribution in [-0.4, -0.2) is 10.3 Å². The molecule has 1 aromatic carbocycles. The van der Waals surface area contributed by atoms with E-state index < -0.39 is 0 Å². The molecular formula is C12H15N3S. The van der Waals surface area contributed by atoms with Crippen molar-refractivity contribution < 1.29 is 0 Å². The summed E-state index contributed by atoms with van der Waals surface area (Å²) in [5.41, 5.74) is 2.26. The molecule has 4 heteroatoms. The van der Waals surface area contributed by atoms with Gasteiger partial charge in [0.05, 0.1) is 10.2 Å². The third-order valence-electron chi connectivity index (χ3n) is 2.53. The van der Waals surface area contributed by atoms with Crippen molar-refractivity contribution in [3.05, 3.63) is 29.1 Å². The molecule has 0 amide bonds. The standard InChI is InChI=1S/C12H15N3S/c1-4-9(2)13-14-12-15(3)10-7-5-6-8-11(10)16-12/h5-8H,4H2,1-3H3/b13-9-,14-12+. The van der Waals surface area contributed by atoms with Gasteiger partial charge in [-0.15, -0.1) is 5.10 Å². The molecule has 0 aliphatic heterocycles. The lowest BCUT2D eigenvalue weighted by atomic mass is 10.3. The van der Waals surface area contributed by atoms with E-state index in [1.165, 1.54) is 10.2 Å². The van der Waals surface area contributed by atoms with E-state index in [9.17, 15) is 0 Å². The van der Waals surface area contributed by atoms with Gasteiger partial charge in [0.25, 0.3) is 0 Å². The number of aromatic nitrogens is 1. The second-order valence-corrected chi connectivity index (χ2v) is 4.71. The van der Waals surface area contributed by atoms with Crippen molar-refractivity contribution in [1.82, 2.24) is 4.57 Å². The van der Waals surface area contributed by atoms with E-state index in [0.29, 0.717) is 0 Å². The van der Waals surface area contributed by atoms with E-state index in [1.807, 2.05) is 26.1 Å². The molecule has 2 rings (SSSR count).